The number of carbonyl (C=O) groups excluding carboxylic acids is 3. The minimum Gasteiger partial charge on any atom is -0.506 e. The number of aryl methyl sites for hydroxylation is 1. The highest BCUT2D eigenvalue weighted by molar-refractivity contribution is 9.10. The lowest BCUT2D eigenvalue weighted by Gasteiger charge is -2.17. The van der Waals surface area contributed by atoms with Gasteiger partial charge in [-0.25, -0.2) is 9.78 Å². The SMILES string of the molecule is COc1cc2c(cn1)-c1cc(C)c(OC)c(c1)NSc1cc(cc(Br)c1O)C(=O)OC2.O=C=O. The molecule has 9 nitrogen and oxygen atoms in total. The van der Waals surface area contributed by atoms with Crippen LogP contribution in [0.4, 0.5) is 5.69 Å². The number of esters is 1. The number of aromatic nitrogens is 1. The van der Waals surface area contributed by atoms with Crippen molar-refractivity contribution in [3.63, 3.8) is 0 Å². The number of hydrogen-bond acceptors (Lipinski definition) is 10. The lowest BCUT2D eigenvalue weighted by Crippen LogP contribution is -2.07. The zero-order chi connectivity index (χ0) is 24.8. The molecule has 2 aromatic carbocycles. The van der Waals surface area contributed by atoms with Crippen molar-refractivity contribution >= 4 is 45.7 Å². The number of carbonyl (C=O) groups is 1. The van der Waals surface area contributed by atoms with Gasteiger partial charge in [0.25, 0.3) is 0 Å². The number of anilines is 1. The summed E-state index contributed by atoms with van der Waals surface area (Å²) in [7, 11) is 3.14. The fourth-order valence-electron chi connectivity index (χ4n) is 3.35. The maximum absolute atomic E-state index is 12.7. The molecule has 1 aliphatic rings. The Morgan fingerprint density at radius 3 is 2.56 bits per heavy atom. The fraction of sp³-hybridized carbons (Fsp3) is 0.174. The zero-order valence-electron chi connectivity index (χ0n) is 18.3. The number of halogens is 1. The van der Waals surface area contributed by atoms with E-state index in [2.05, 4.69) is 25.6 Å². The van der Waals surface area contributed by atoms with Crippen LogP contribution in [-0.2, 0) is 20.9 Å². The molecule has 0 spiro atoms. The molecule has 4 bridgehead atoms. The third kappa shape index (κ3) is 5.33. The number of phenols is 1. The number of nitrogens with zero attached hydrogens (tertiary/aromatic N) is 1. The highest BCUT2D eigenvalue weighted by atomic mass is 79.9. The van der Waals surface area contributed by atoms with Crippen LogP contribution in [0, 0.1) is 6.92 Å². The Balaban J connectivity index is 0.00000103. The van der Waals surface area contributed by atoms with Crippen LogP contribution in [0.25, 0.3) is 11.1 Å². The lowest BCUT2D eigenvalue weighted by atomic mass is 9.99. The van der Waals surface area contributed by atoms with E-state index < -0.39 is 5.97 Å². The maximum Gasteiger partial charge on any atom is 0.373 e. The van der Waals surface area contributed by atoms with Gasteiger partial charge in [0.05, 0.1) is 34.8 Å². The van der Waals surface area contributed by atoms with Crippen LogP contribution >= 0.6 is 27.9 Å². The molecule has 0 aliphatic carbocycles. The molecule has 3 aromatic rings. The number of pyridine rings is 1. The van der Waals surface area contributed by atoms with E-state index in [-0.39, 0.29) is 18.5 Å². The van der Waals surface area contributed by atoms with Gasteiger partial charge in [-0.3, -0.25) is 0 Å². The van der Waals surface area contributed by atoms with E-state index in [1.165, 1.54) is 25.1 Å². The van der Waals surface area contributed by atoms with Crippen LogP contribution in [0.15, 0.2) is 45.9 Å². The normalized spacial score (nSPS) is 12.1. The first-order chi connectivity index (χ1) is 16.3. The molecular formula is C23H19BrN2O7S. The lowest BCUT2D eigenvalue weighted by molar-refractivity contribution is -0.191. The fourth-order valence-corrected chi connectivity index (χ4v) is 4.70. The van der Waals surface area contributed by atoms with E-state index in [1.807, 2.05) is 19.1 Å². The van der Waals surface area contributed by atoms with Crippen LogP contribution in [0.2, 0.25) is 0 Å². The summed E-state index contributed by atoms with van der Waals surface area (Å²) in [6, 6.07) is 8.77. The van der Waals surface area contributed by atoms with Crippen molar-refractivity contribution in [2.75, 3.05) is 18.9 Å². The molecule has 4 rings (SSSR count). The molecule has 0 saturated heterocycles. The Labute approximate surface area is 207 Å². The monoisotopic (exact) mass is 546 g/mol. The van der Waals surface area contributed by atoms with Crippen molar-refractivity contribution in [1.82, 2.24) is 4.98 Å². The minimum atomic E-state index is -0.510. The summed E-state index contributed by atoms with van der Waals surface area (Å²) in [5.74, 6) is 0.612. The number of aromatic hydroxyl groups is 1. The Morgan fingerprint density at radius 1 is 1.15 bits per heavy atom. The first-order valence-corrected chi connectivity index (χ1v) is 11.3. The van der Waals surface area contributed by atoms with E-state index in [0.29, 0.717) is 26.6 Å². The predicted molar refractivity (Wildman–Crippen MR) is 127 cm³/mol. The second-order valence-corrected chi connectivity index (χ2v) is 8.63. The van der Waals surface area contributed by atoms with E-state index in [0.717, 1.165) is 27.9 Å². The van der Waals surface area contributed by atoms with Crippen molar-refractivity contribution in [3.05, 3.63) is 57.7 Å². The molecule has 2 heterocycles. The molecule has 0 amide bonds. The van der Waals surface area contributed by atoms with Crippen LogP contribution < -0.4 is 14.2 Å². The van der Waals surface area contributed by atoms with Gasteiger partial charge >= 0.3 is 12.1 Å². The molecule has 11 heteroatoms. The number of rotatable bonds is 2. The first kappa shape index (κ1) is 25.1. The molecule has 0 unspecified atom stereocenters. The number of nitrogens with one attached hydrogen (secondary N) is 1. The molecule has 1 aromatic heterocycles. The molecule has 0 saturated carbocycles. The van der Waals surface area contributed by atoms with Crippen molar-refractivity contribution in [2.45, 2.75) is 18.4 Å². The Bertz CT molecular complexity index is 1280. The molecule has 1 aliphatic heterocycles. The van der Waals surface area contributed by atoms with Crippen LogP contribution in [0.1, 0.15) is 21.5 Å². The van der Waals surface area contributed by atoms with Gasteiger partial charge in [-0.2, -0.15) is 9.59 Å². The summed E-state index contributed by atoms with van der Waals surface area (Å²) in [4.78, 5) is 33.8. The van der Waals surface area contributed by atoms with E-state index >= 15 is 0 Å². The van der Waals surface area contributed by atoms with Gasteiger partial charge in [0.15, 0.2) is 0 Å². The predicted octanol–water partition coefficient (Wildman–Crippen LogP) is 4.75. The summed E-state index contributed by atoms with van der Waals surface area (Å²) < 4.78 is 20.1. The largest absolute Gasteiger partial charge is 0.506 e. The molecule has 34 heavy (non-hydrogen) atoms. The second-order valence-electron chi connectivity index (χ2n) is 6.93. The Morgan fingerprint density at radius 2 is 1.88 bits per heavy atom. The van der Waals surface area contributed by atoms with Gasteiger partial charge < -0.3 is 24.0 Å². The number of methoxy groups -OCH3 is 2. The van der Waals surface area contributed by atoms with Crippen molar-refractivity contribution in [1.29, 1.82) is 0 Å². The quantitative estimate of drug-likeness (QED) is 0.343. The molecular weight excluding hydrogens is 528 g/mol. The number of benzene rings is 2. The average molecular weight is 547 g/mol. The van der Waals surface area contributed by atoms with E-state index in [1.54, 1.807) is 25.4 Å². The summed E-state index contributed by atoms with van der Waals surface area (Å²) in [5.41, 5.74) is 4.38. The molecule has 0 radical (unpaired) electrons. The average Bonchev–Trinajstić information content (AvgIpc) is 2.83. The zero-order valence-corrected chi connectivity index (χ0v) is 20.7. The number of fused-ring (bicyclic) bond motifs is 6. The van der Waals surface area contributed by atoms with Crippen LogP contribution in [-0.4, -0.2) is 36.4 Å². The van der Waals surface area contributed by atoms with E-state index in [4.69, 9.17) is 23.8 Å². The van der Waals surface area contributed by atoms with Gasteiger partial charge in [-0.15, -0.1) is 0 Å². The topological polar surface area (TPSA) is 124 Å². The Kier molecular flexibility index (Phi) is 8.17. The number of cyclic esters (lactones) is 1. The smallest absolute Gasteiger partial charge is 0.373 e. The van der Waals surface area contributed by atoms with Gasteiger partial charge in [-0.1, -0.05) is 0 Å². The van der Waals surface area contributed by atoms with Gasteiger partial charge in [0.1, 0.15) is 18.1 Å². The van der Waals surface area contributed by atoms with Crippen molar-refractivity contribution in [3.8, 4) is 28.5 Å². The molecule has 2 N–H and O–H groups in total. The first-order valence-electron chi connectivity index (χ1n) is 9.66. The van der Waals surface area contributed by atoms with Crippen LogP contribution in [0.3, 0.4) is 0 Å². The maximum atomic E-state index is 12.7. The van der Waals surface area contributed by atoms with Crippen molar-refractivity contribution < 1.29 is 33.7 Å². The molecule has 0 atom stereocenters. The standard InChI is InChI=1S/C22H19BrN2O5S.CO2/c1-11-4-12-6-17(21(11)29-3)25-31-18-7-13(5-16(23)20(18)26)22(27)30-10-14-8-19(28-2)24-9-15(12)14;2-1-3/h4-9,25-26H,10H2,1-3H3;. The minimum absolute atomic E-state index is 0.0213. The summed E-state index contributed by atoms with van der Waals surface area (Å²) >= 11 is 4.47. The van der Waals surface area contributed by atoms with E-state index in [9.17, 15) is 9.90 Å². The highest BCUT2D eigenvalue weighted by Crippen LogP contribution is 2.41. The number of ether oxygens (including phenoxy) is 3. The highest BCUT2D eigenvalue weighted by Gasteiger charge is 2.20. The van der Waals surface area contributed by atoms with Crippen LogP contribution in [0.5, 0.6) is 17.4 Å². The third-order valence-corrected chi connectivity index (χ3v) is 6.31. The summed E-state index contributed by atoms with van der Waals surface area (Å²) in [5, 5.41) is 10.4. The third-order valence-electron chi connectivity index (χ3n) is 4.86. The molecule has 0 fully saturated rings. The number of phenolic OH excluding ortho intramolecular Hbond substituents is 1. The number of hydrogen-bond donors (Lipinski definition) is 2. The van der Waals surface area contributed by atoms with Gasteiger partial charge in [0.2, 0.25) is 5.88 Å². The van der Waals surface area contributed by atoms with Gasteiger partial charge in [0, 0.05) is 23.4 Å². The second kappa shape index (κ2) is 11.1. The summed E-state index contributed by atoms with van der Waals surface area (Å²) in [6.45, 7) is 1.98. The van der Waals surface area contributed by atoms with Crippen molar-refractivity contribution in [2.24, 2.45) is 0 Å². The van der Waals surface area contributed by atoms with Gasteiger partial charge in [-0.05, 0) is 70.2 Å². The molecule has 176 valence electrons. The Hall–Kier alpha value is -3.53. The summed E-state index contributed by atoms with van der Waals surface area (Å²) in [6.07, 6.45) is 1.95.